The number of halogens is 1. The lowest BCUT2D eigenvalue weighted by molar-refractivity contribution is 0.262. The number of benzene rings is 1. The van der Waals surface area contributed by atoms with Crippen LogP contribution < -0.4 is 0 Å². The molecule has 0 aromatic heterocycles. The third-order valence-electron chi connectivity index (χ3n) is 2.96. The number of likely N-dealkylation sites (N-methyl/N-ethyl adjacent to an activating group) is 1. The summed E-state index contributed by atoms with van der Waals surface area (Å²) in [5, 5.41) is 0. The molecule has 0 amide bonds. The normalized spacial score (nSPS) is 16.8. The van der Waals surface area contributed by atoms with Gasteiger partial charge in [0.15, 0.2) is 0 Å². The summed E-state index contributed by atoms with van der Waals surface area (Å²) in [4.78, 5) is 2.28. The molecule has 1 aromatic rings. The Morgan fingerprint density at radius 1 is 1.43 bits per heavy atom. The molecule has 2 rings (SSSR count). The minimum Gasteiger partial charge on any atom is -0.299 e. The maximum Gasteiger partial charge on any atom is 0.128 e. The van der Waals surface area contributed by atoms with Crippen LogP contribution in [0.2, 0.25) is 0 Å². The van der Waals surface area contributed by atoms with Crippen molar-refractivity contribution in [3.05, 3.63) is 34.6 Å². The van der Waals surface area contributed by atoms with Gasteiger partial charge in [0, 0.05) is 18.7 Å². The lowest BCUT2D eigenvalue weighted by Gasteiger charge is -2.28. The standard InChI is InChI=1S/C12H16FN/c1-3-14-5-4-10-6-9(2)7-12(13)11(10)8-14/h6-7H,3-5,8H2,1-2H3. The Hall–Kier alpha value is -0.890. The highest BCUT2D eigenvalue weighted by Crippen LogP contribution is 2.22. The molecule has 0 saturated heterocycles. The van der Waals surface area contributed by atoms with Gasteiger partial charge >= 0.3 is 0 Å². The van der Waals surface area contributed by atoms with Crippen molar-refractivity contribution < 1.29 is 4.39 Å². The Labute approximate surface area is 84.5 Å². The van der Waals surface area contributed by atoms with E-state index in [4.69, 9.17) is 0 Å². The number of hydrogen-bond acceptors (Lipinski definition) is 1. The van der Waals surface area contributed by atoms with E-state index in [9.17, 15) is 4.39 Å². The van der Waals surface area contributed by atoms with E-state index < -0.39 is 0 Å². The minimum atomic E-state index is -0.0295. The largest absolute Gasteiger partial charge is 0.299 e. The van der Waals surface area contributed by atoms with E-state index in [1.807, 2.05) is 6.92 Å². The first-order chi connectivity index (χ1) is 6.70. The minimum absolute atomic E-state index is 0.0295. The lowest BCUT2D eigenvalue weighted by Crippen LogP contribution is -2.30. The highest BCUT2D eigenvalue weighted by molar-refractivity contribution is 5.34. The van der Waals surface area contributed by atoms with E-state index in [0.29, 0.717) is 0 Å². The van der Waals surface area contributed by atoms with E-state index in [-0.39, 0.29) is 5.82 Å². The topological polar surface area (TPSA) is 3.24 Å². The molecule has 76 valence electrons. The maximum atomic E-state index is 13.6. The SMILES string of the molecule is CCN1CCc2cc(C)cc(F)c2C1. The second kappa shape index (κ2) is 3.70. The van der Waals surface area contributed by atoms with Crippen molar-refractivity contribution in [1.29, 1.82) is 0 Å². The zero-order valence-electron chi connectivity index (χ0n) is 8.81. The Bertz CT molecular complexity index is 346. The summed E-state index contributed by atoms with van der Waals surface area (Å²) in [6, 6.07) is 3.75. The molecule has 0 unspecified atom stereocenters. The van der Waals surface area contributed by atoms with E-state index in [0.717, 1.165) is 37.2 Å². The van der Waals surface area contributed by atoms with Gasteiger partial charge in [-0.15, -0.1) is 0 Å². The molecule has 1 aromatic carbocycles. The van der Waals surface area contributed by atoms with Crippen LogP contribution in [-0.2, 0) is 13.0 Å². The van der Waals surface area contributed by atoms with Gasteiger partial charge in [-0.2, -0.15) is 0 Å². The smallest absolute Gasteiger partial charge is 0.128 e. The fourth-order valence-corrected chi connectivity index (χ4v) is 2.10. The quantitative estimate of drug-likeness (QED) is 0.662. The maximum absolute atomic E-state index is 13.6. The predicted octanol–water partition coefficient (Wildman–Crippen LogP) is 2.51. The summed E-state index contributed by atoms with van der Waals surface area (Å²) in [5.41, 5.74) is 3.14. The molecule has 0 aliphatic carbocycles. The summed E-state index contributed by atoms with van der Waals surface area (Å²) < 4.78 is 13.6. The number of aryl methyl sites for hydroxylation is 1. The second-order valence-electron chi connectivity index (χ2n) is 4.00. The molecule has 0 spiro atoms. The van der Waals surface area contributed by atoms with Crippen molar-refractivity contribution >= 4 is 0 Å². The van der Waals surface area contributed by atoms with E-state index in [1.165, 1.54) is 5.56 Å². The molecule has 1 aliphatic heterocycles. The Morgan fingerprint density at radius 3 is 2.93 bits per heavy atom. The van der Waals surface area contributed by atoms with Gasteiger partial charge in [-0.25, -0.2) is 4.39 Å². The van der Waals surface area contributed by atoms with Crippen molar-refractivity contribution in [2.45, 2.75) is 26.8 Å². The van der Waals surface area contributed by atoms with Crippen molar-refractivity contribution in [2.24, 2.45) is 0 Å². The van der Waals surface area contributed by atoms with Crippen LogP contribution in [0.3, 0.4) is 0 Å². The van der Waals surface area contributed by atoms with Gasteiger partial charge in [0.1, 0.15) is 5.82 Å². The van der Waals surface area contributed by atoms with Gasteiger partial charge in [0.05, 0.1) is 0 Å². The fourth-order valence-electron chi connectivity index (χ4n) is 2.10. The molecular formula is C12H16FN. The number of nitrogens with zero attached hydrogens (tertiary/aromatic N) is 1. The summed E-state index contributed by atoms with van der Waals surface area (Å²) in [5.74, 6) is -0.0295. The van der Waals surface area contributed by atoms with Gasteiger partial charge < -0.3 is 0 Å². The van der Waals surface area contributed by atoms with Crippen LogP contribution in [-0.4, -0.2) is 18.0 Å². The average Bonchev–Trinajstić information content (AvgIpc) is 2.17. The van der Waals surface area contributed by atoms with Crippen molar-refractivity contribution in [1.82, 2.24) is 4.90 Å². The summed E-state index contributed by atoms with van der Waals surface area (Å²) in [6.07, 6.45) is 0.988. The van der Waals surface area contributed by atoms with Crippen LogP contribution in [0, 0.1) is 12.7 Å². The van der Waals surface area contributed by atoms with Crippen molar-refractivity contribution in [2.75, 3.05) is 13.1 Å². The molecule has 1 aliphatic rings. The monoisotopic (exact) mass is 193 g/mol. The van der Waals surface area contributed by atoms with Crippen LogP contribution in [0.4, 0.5) is 4.39 Å². The third kappa shape index (κ3) is 1.67. The first-order valence-electron chi connectivity index (χ1n) is 5.21. The number of rotatable bonds is 1. The van der Waals surface area contributed by atoms with Crippen LogP contribution >= 0.6 is 0 Å². The van der Waals surface area contributed by atoms with Crippen LogP contribution in [0.5, 0.6) is 0 Å². The van der Waals surface area contributed by atoms with Crippen LogP contribution in [0.1, 0.15) is 23.6 Å². The Morgan fingerprint density at radius 2 is 2.21 bits per heavy atom. The highest BCUT2D eigenvalue weighted by Gasteiger charge is 2.18. The first kappa shape index (κ1) is 9.66. The van der Waals surface area contributed by atoms with Crippen molar-refractivity contribution in [3.63, 3.8) is 0 Å². The van der Waals surface area contributed by atoms with Crippen LogP contribution in [0.25, 0.3) is 0 Å². The van der Waals surface area contributed by atoms with E-state index in [1.54, 1.807) is 6.07 Å². The van der Waals surface area contributed by atoms with Gasteiger partial charge in [-0.3, -0.25) is 4.90 Å². The van der Waals surface area contributed by atoms with Gasteiger partial charge in [-0.1, -0.05) is 13.0 Å². The molecule has 0 N–H and O–H groups in total. The fraction of sp³-hybridized carbons (Fsp3) is 0.500. The summed E-state index contributed by atoms with van der Waals surface area (Å²) in [7, 11) is 0. The van der Waals surface area contributed by atoms with Gasteiger partial charge in [0.25, 0.3) is 0 Å². The Kier molecular flexibility index (Phi) is 2.55. The summed E-state index contributed by atoms with van der Waals surface area (Å²) in [6.45, 7) is 6.92. The molecule has 0 bridgehead atoms. The van der Waals surface area contributed by atoms with E-state index in [2.05, 4.69) is 17.9 Å². The number of hydrogen-bond donors (Lipinski definition) is 0. The van der Waals surface area contributed by atoms with E-state index >= 15 is 0 Å². The molecule has 0 fully saturated rings. The molecular weight excluding hydrogens is 177 g/mol. The Balaban J connectivity index is 2.37. The van der Waals surface area contributed by atoms with Gasteiger partial charge in [0.2, 0.25) is 0 Å². The van der Waals surface area contributed by atoms with Gasteiger partial charge in [-0.05, 0) is 37.1 Å². The number of fused-ring (bicyclic) bond motifs is 1. The zero-order valence-corrected chi connectivity index (χ0v) is 8.81. The molecule has 0 atom stereocenters. The average molecular weight is 193 g/mol. The zero-order chi connectivity index (χ0) is 10.1. The lowest BCUT2D eigenvalue weighted by atomic mass is 9.97. The predicted molar refractivity (Wildman–Crippen MR) is 55.8 cm³/mol. The highest BCUT2D eigenvalue weighted by atomic mass is 19.1. The summed E-state index contributed by atoms with van der Waals surface area (Å²) >= 11 is 0. The molecule has 1 nitrogen and oxygen atoms in total. The molecule has 0 saturated carbocycles. The molecule has 1 heterocycles. The first-order valence-corrected chi connectivity index (χ1v) is 5.21. The molecule has 0 radical (unpaired) electrons. The molecule has 14 heavy (non-hydrogen) atoms. The third-order valence-corrected chi connectivity index (χ3v) is 2.96. The van der Waals surface area contributed by atoms with Crippen molar-refractivity contribution in [3.8, 4) is 0 Å². The van der Waals surface area contributed by atoms with Crippen LogP contribution in [0.15, 0.2) is 12.1 Å². The second-order valence-corrected chi connectivity index (χ2v) is 4.00. The molecule has 2 heteroatoms.